The summed E-state index contributed by atoms with van der Waals surface area (Å²) in [5, 5.41) is 4.95. The third-order valence-electron chi connectivity index (χ3n) is 4.72. The molecule has 0 bridgehead atoms. The van der Waals surface area contributed by atoms with E-state index >= 15 is 0 Å². The van der Waals surface area contributed by atoms with Crippen LogP contribution >= 0.6 is 11.6 Å². The van der Waals surface area contributed by atoms with Crippen LogP contribution in [0.5, 0.6) is 0 Å². The Bertz CT molecular complexity index is 608. The molecule has 1 aromatic heterocycles. The number of alkyl halides is 1. The van der Waals surface area contributed by atoms with Crippen LogP contribution in [0.25, 0.3) is 10.9 Å². The van der Waals surface area contributed by atoms with Crippen LogP contribution in [0, 0.1) is 5.92 Å². The van der Waals surface area contributed by atoms with Crippen molar-refractivity contribution in [2.24, 2.45) is 5.92 Å². The lowest BCUT2D eigenvalue weighted by Gasteiger charge is -2.39. The monoisotopic (exact) mass is 302 g/mol. The Morgan fingerprint density at radius 3 is 3.00 bits per heavy atom. The molecule has 0 spiro atoms. The van der Waals surface area contributed by atoms with E-state index in [1.165, 1.54) is 36.6 Å². The van der Waals surface area contributed by atoms with Crippen molar-refractivity contribution in [2.45, 2.75) is 44.7 Å². The molecule has 2 atom stereocenters. The standard InChI is InChI=1S/C18H23ClN2/c1-14-5-3-9-18(11-14,13-19)21-12-16-7-2-6-15-8-4-10-20-17(15)16/h2,4,6-8,10,14,21H,3,5,9,11-13H2,1H3. The van der Waals surface area contributed by atoms with Gasteiger partial charge in [0.05, 0.1) is 5.52 Å². The Morgan fingerprint density at radius 1 is 1.33 bits per heavy atom. The van der Waals surface area contributed by atoms with Crippen molar-refractivity contribution >= 4 is 22.5 Å². The predicted octanol–water partition coefficient (Wildman–Crippen LogP) is 4.51. The van der Waals surface area contributed by atoms with Crippen molar-refractivity contribution in [3.05, 3.63) is 42.1 Å². The molecule has 3 heteroatoms. The molecular formula is C18H23ClN2. The van der Waals surface area contributed by atoms with Gasteiger partial charge in [-0.25, -0.2) is 0 Å². The molecule has 2 unspecified atom stereocenters. The van der Waals surface area contributed by atoms with E-state index in [4.69, 9.17) is 11.6 Å². The predicted molar refractivity (Wildman–Crippen MR) is 89.7 cm³/mol. The maximum absolute atomic E-state index is 6.31. The minimum Gasteiger partial charge on any atom is -0.306 e. The molecule has 21 heavy (non-hydrogen) atoms. The lowest BCUT2D eigenvalue weighted by Crippen LogP contribution is -2.49. The van der Waals surface area contributed by atoms with Gasteiger partial charge in [0.2, 0.25) is 0 Å². The summed E-state index contributed by atoms with van der Waals surface area (Å²) in [5.41, 5.74) is 2.45. The number of pyridine rings is 1. The highest BCUT2D eigenvalue weighted by molar-refractivity contribution is 6.18. The summed E-state index contributed by atoms with van der Waals surface area (Å²) in [6.45, 7) is 3.18. The fourth-order valence-electron chi connectivity index (χ4n) is 3.58. The van der Waals surface area contributed by atoms with Crippen molar-refractivity contribution in [2.75, 3.05) is 5.88 Å². The zero-order valence-electron chi connectivity index (χ0n) is 12.6. The van der Waals surface area contributed by atoms with E-state index in [2.05, 4.69) is 41.5 Å². The Kier molecular flexibility index (Phi) is 4.46. The van der Waals surface area contributed by atoms with Crippen molar-refractivity contribution in [1.29, 1.82) is 0 Å². The number of hydrogen-bond acceptors (Lipinski definition) is 2. The van der Waals surface area contributed by atoms with Crippen LogP contribution in [0.15, 0.2) is 36.5 Å². The fourth-order valence-corrected chi connectivity index (χ4v) is 3.92. The van der Waals surface area contributed by atoms with E-state index in [0.717, 1.165) is 18.0 Å². The SMILES string of the molecule is CC1CCCC(CCl)(NCc2cccc3cccnc23)C1. The smallest absolute Gasteiger partial charge is 0.0746 e. The number of aromatic nitrogens is 1. The highest BCUT2D eigenvalue weighted by Gasteiger charge is 2.33. The number of para-hydroxylation sites is 1. The van der Waals surface area contributed by atoms with Crippen molar-refractivity contribution in [3.63, 3.8) is 0 Å². The highest BCUT2D eigenvalue weighted by atomic mass is 35.5. The molecule has 1 saturated carbocycles. The molecule has 2 aromatic rings. The minimum absolute atomic E-state index is 0.0934. The van der Waals surface area contributed by atoms with Crippen LogP contribution in [0.2, 0.25) is 0 Å². The topological polar surface area (TPSA) is 24.9 Å². The molecule has 0 amide bonds. The number of hydrogen-bond donors (Lipinski definition) is 1. The van der Waals surface area contributed by atoms with Crippen molar-refractivity contribution < 1.29 is 0 Å². The molecule has 0 saturated heterocycles. The molecule has 1 aliphatic rings. The van der Waals surface area contributed by atoms with Gasteiger partial charge in [-0.2, -0.15) is 0 Å². The summed E-state index contributed by atoms with van der Waals surface area (Å²) in [6, 6.07) is 10.5. The first-order valence-electron chi connectivity index (χ1n) is 7.86. The lowest BCUT2D eigenvalue weighted by atomic mass is 9.77. The molecule has 0 radical (unpaired) electrons. The summed E-state index contributed by atoms with van der Waals surface area (Å²) >= 11 is 6.31. The van der Waals surface area contributed by atoms with Gasteiger partial charge in [-0.15, -0.1) is 11.6 Å². The Morgan fingerprint density at radius 2 is 2.19 bits per heavy atom. The van der Waals surface area contributed by atoms with Gasteiger partial charge in [-0.1, -0.05) is 44.0 Å². The average Bonchev–Trinajstić information content (AvgIpc) is 2.53. The highest BCUT2D eigenvalue weighted by Crippen LogP contribution is 2.33. The zero-order valence-corrected chi connectivity index (χ0v) is 13.4. The summed E-state index contributed by atoms with van der Waals surface area (Å²) in [5.74, 6) is 1.45. The molecule has 1 heterocycles. The number of nitrogens with one attached hydrogen (secondary N) is 1. The lowest BCUT2D eigenvalue weighted by molar-refractivity contribution is 0.208. The van der Waals surface area contributed by atoms with Gasteiger partial charge in [0.15, 0.2) is 0 Å². The van der Waals surface area contributed by atoms with Crippen LogP contribution in [-0.2, 0) is 6.54 Å². The van der Waals surface area contributed by atoms with Gasteiger partial charge in [0.1, 0.15) is 0 Å². The van der Waals surface area contributed by atoms with Gasteiger partial charge in [0.25, 0.3) is 0 Å². The van der Waals surface area contributed by atoms with Gasteiger partial charge in [-0.05, 0) is 30.4 Å². The number of rotatable bonds is 4. The van der Waals surface area contributed by atoms with Crippen LogP contribution in [0.1, 0.15) is 38.2 Å². The summed E-state index contributed by atoms with van der Waals surface area (Å²) in [4.78, 5) is 4.54. The Hall–Kier alpha value is -1.12. The Labute approximate surface area is 131 Å². The van der Waals surface area contributed by atoms with Crippen LogP contribution < -0.4 is 5.32 Å². The van der Waals surface area contributed by atoms with E-state index in [9.17, 15) is 0 Å². The van der Waals surface area contributed by atoms with E-state index in [-0.39, 0.29) is 5.54 Å². The second kappa shape index (κ2) is 6.33. The minimum atomic E-state index is 0.0934. The number of fused-ring (bicyclic) bond motifs is 1. The van der Waals surface area contributed by atoms with Gasteiger partial charge in [0, 0.05) is 29.5 Å². The molecule has 2 nitrogen and oxygen atoms in total. The first kappa shape index (κ1) is 14.8. The number of benzene rings is 1. The molecular weight excluding hydrogens is 280 g/mol. The maximum Gasteiger partial charge on any atom is 0.0746 e. The normalized spacial score (nSPS) is 26.1. The molecule has 112 valence electrons. The summed E-state index contributed by atoms with van der Waals surface area (Å²) in [6.07, 6.45) is 6.82. The van der Waals surface area contributed by atoms with Crippen LogP contribution in [-0.4, -0.2) is 16.4 Å². The molecule has 1 fully saturated rings. The number of nitrogens with zero attached hydrogens (tertiary/aromatic N) is 1. The van der Waals surface area contributed by atoms with Crippen molar-refractivity contribution in [1.82, 2.24) is 10.3 Å². The summed E-state index contributed by atoms with van der Waals surface area (Å²) in [7, 11) is 0. The van der Waals surface area contributed by atoms with Crippen molar-refractivity contribution in [3.8, 4) is 0 Å². The second-order valence-corrected chi connectivity index (χ2v) is 6.73. The van der Waals surface area contributed by atoms with Crippen LogP contribution in [0.3, 0.4) is 0 Å². The summed E-state index contributed by atoms with van der Waals surface area (Å²) < 4.78 is 0. The molecule has 1 aliphatic carbocycles. The van der Waals surface area contributed by atoms with E-state index in [0.29, 0.717) is 5.88 Å². The van der Waals surface area contributed by atoms with E-state index < -0.39 is 0 Å². The molecule has 0 aliphatic heterocycles. The second-order valence-electron chi connectivity index (χ2n) is 6.46. The van der Waals surface area contributed by atoms with E-state index in [1.54, 1.807) is 0 Å². The number of halogens is 1. The molecule has 1 aromatic carbocycles. The molecule has 1 N–H and O–H groups in total. The van der Waals surface area contributed by atoms with E-state index in [1.807, 2.05) is 12.3 Å². The first-order chi connectivity index (χ1) is 10.2. The third kappa shape index (κ3) is 3.22. The average molecular weight is 303 g/mol. The largest absolute Gasteiger partial charge is 0.306 e. The van der Waals surface area contributed by atoms with Gasteiger partial charge >= 0.3 is 0 Å². The fraction of sp³-hybridized carbons (Fsp3) is 0.500. The zero-order chi connectivity index (χ0) is 14.7. The first-order valence-corrected chi connectivity index (χ1v) is 8.39. The van der Waals surface area contributed by atoms with Crippen LogP contribution in [0.4, 0.5) is 0 Å². The van der Waals surface area contributed by atoms with Gasteiger partial charge in [-0.3, -0.25) is 4.98 Å². The quantitative estimate of drug-likeness (QED) is 0.840. The maximum atomic E-state index is 6.31. The third-order valence-corrected chi connectivity index (χ3v) is 5.23. The molecule has 3 rings (SSSR count). The van der Waals surface area contributed by atoms with Gasteiger partial charge < -0.3 is 5.32 Å². The Balaban J connectivity index is 1.79.